The molecule has 2 fully saturated rings. The second-order valence-electron chi connectivity index (χ2n) is 8.09. The maximum Gasteiger partial charge on any atom is 0.251 e. The molecule has 1 N–H and O–H groups in total. The first kappa shape index (κ1) is 17.7. The lowest BCUT2D eigenvalue weighted by Crippen LogP contribution is -2.40. The highest BCUT2D eigenvalue weighted by molar-refractivity contribution is 5.92. The lowest BCUT2D eigenvalue weighted by atomic mass is 9.94. The molecular weight excluding hydrogens is 328 g/mol. The predicted molar refractivity (Wildman–Crippen MR) is 102 cm³/mol. The fourth-order valence-electron chi connectivity index (χ4n) is 4.54. The summed E-state index contributed by atoms with van der Waals surface area (Å²) in [6.45, 7) is 0.434. The molecule has 1 amide bonds. The van der Waals surface area contributed by atoms with E-state index in [0.29, 0.717) is 12.6 Å². The van der Waals surface area contributed by atoms with Gasteiger partial charge in [-0.2, -0.15) is 0 Å². The zero-order valence-corrected chi connectivity index (χ0v) is 15.8. The summed E-state index contributed by atoms with van der Waals surface area (Å²) in [5.41, 5.74) is 0.780. The average Bonchev–Trinajstić information content (AvgIpc) is 2.99. The molecule has 5 heteroatoms. The van der Waals surface area contributed by atoms with Gasteiger partial charge in [-0.25, -0.2) is 0 Å². The first-order valence-corrected chi connectivity index (χ1v) is 10.2. The number of rotatable bonds is 4. The maximum absolute atomic E-state index is 12.4. The molecule has 0 atom stereocenters. The number of benzene rings is 1. The Morgan fingerprint density at radius 2 is 1.77 bits per heavy atom. The SMILES string of the molecule is CN(CC(=O)Nc1ccc2c(c1)OC1(CCCCC1)O2)C1CCCCC1. The number of fused-ring (bicyclic) bond motifs is 1. The van der Waals surface area contributed by atoms with Gasteiger partial charge in [-0.1, -0.05) is 25.7 Å². The van der Waals surface area contributed by atoms with Crippen LogP contribution in [0, 0.1) is 0 Å². The molecule has 0 aromatic heterocycles. The molecule has 142 valence electrons. The number of anilines is 1. The van der Waals surface area contributed by atoms with E-state index in [0.717, 1.165) is 42.9 Å². The van der Waals surface area contributed by atoms with Gasteiger partial charge in [0.15, 0.2) is 11.5 Å². The number of ether oxygens (including phenoxy) is 2. The van der Waals surface area contributed by atoms with E-state index in [1.54, 1.807) is 0 Å². The van der Waals surface area contributed by atoms with Crippen LogP contribution in [-0.4, -0.2) is 36.2 Å². The van der Waals surface area contributed by atoms with Crippen molar-refractivity contribution in [2.45, 2.75) is 76.0 Å². The van der Waals surface area contributed by atoms with Crippen molar-refractivity contribution in [3.63, 3.8) is 0 Å². The van der Waals surface area contributed by atoms with Crippen LogP contribution >= 0.6 is 0 Å². The minimum Gasteiger partial charge on any atom is -0.448 e. The lowest BCUT2D eigenvalue weighted by molar-refractivity contribution is -0.117. The predicted octanol–water partition coefficient (Wildman–Crippen LogP) is 4.32. The molecule has 2 saturated carbocycles. The number of carbonyl (C=O) groups is 1. The largest absolute Gasteiger partial charge is 0.448 e. The number of hydrogen-bond donors (Lipinski definition) is 1. The summed E-state index contributed by atoms with van der Waals surface area (Å²) in [7, 11) is 2.06. The molecule has 26 heavy (non-hydrogen) atoms. The highest BCUT2D eigenvalue weighted by Gasteiger charge is 2.42. The maximum atomic E-state index is 12.4. The van der Waals surface area contributed by atoms with Gasteiger partial charge in [0.05, 0.1) is 6.54 Å². The van der Waals surface area contributed by atoms with Gasteiger partial charge in [-0.05, 0) is 44.9 Å². The van der Waals surface area contributed by atoms with Crippen LogP contribution in [0.1, 0.15) is 64.2 Å². The van der Waals surface area contributed by atoms with Gasteiger partial charge < -0.3 is 14.8 Å². The Balaban J connectivity index is 1.34. The van der Waals surface area contributed by atoms with E-state index in [4.69, 9.17) is 9.47 Å². The lowest BCUT2D eigenvalue weighted by Gasteiger charge is -2.31. The summed E-state index contributed by atoms with van der Waals surface area (Å²) in [4.78, 5) is 14.6. The van der Waals surface area contributed by atoms with Crippen molar-refractivity contribution in [2.24, 2.45) is 0 Å². The van der Waals surface area contributed by atoms with Gasteiger partial charge in [0.2, 0.25) is 5.91 Å². The monoisotopic (exact) mass is 358 g/mol. The Morgan fingerprint density at radius 3 is 2.54 bits per heavy atom. The fourth-order valence-corrected chi connectivity index (χ4v) is 4.54. The summed E-state index contributed by atoms with van der Waals surface area (Å²) >= 11 is 0. The molecule has 1 aliphatic heterocycles. The zero-order valence-electron chi connectivity index (χ0n) is 15.8. The summed E-state index contributed by atoms with van der Waals surface area (Å²) in [6, 6.07) is 6.26. The number of carbonyl (C=O) groups excluding carboxylic acids is 1. The van der Waals surface area contributed by atoms with Gasteiger partial charge in [-0.15, -0.1) is 0 Å². The molecule has 0 unspecified atom stereocenters. The van der Waals surface area contributed by atoms with Crippen molar-refractivity contribution in [1.29, 1.82) is 0 Å². The Labute approximate surface area is 156 Å². The number of nitrogens with one attached hydrogen (secondary N) is 1. The van der Waals surface area contributed by atoms with Crippen molar-refractivity contribution in [3.8, 4) is 11.5 Å². The first-order chi connectivity index (χ1) is 12.6. The summed E-state index contributed by atoms with van der Waals surface area (Å²) in [5, 5.41) is 3.02. The van der Waals surface area contributed by atoms with Crippen LogP contribution in [0.25, 0.3) is 0 Å². The summed E-state index contributed by atoms with van der Waals surface area (Å²) < 4.78 is 12.2. The van der Waals surface area contributed by atoms with Crippen molar-refractivity contribution in [3.05, 3.63) is 18.2 Å². The van der Waals surface area contributed by atoms with Crippen LogP contribution in [0.15, 0.2) is 18.2 Å². The molecule has 3 aliphatic rings. The third kappa shape index (κ3) is 3.83. The van der Waals surface area contributed by atoms with Crippen LogP contribution in [0.2, 0.25) is 0 Å². The summed E-state index contributed by atoms with van der Waals surface area (Å²) in [6.07, 6.45) is 11.7. The molecule has 0 saturated heterocycles. The van der Waals surface area contributed by atoms with Crippen molar-refractivity contribution >= 4 is 11.6 Å². The highest BCUT2D eigenvalue weighted by Crippen LogP contribution is 2.46. The smallest absolute Gasteiger partial charge is 0.251 e. The van der Waals surface area contributed by atoms with E-state index in [2.05, 4.69) is 17.3 Å². The van der Waals surface area contributed by atoms with Gasteiger partial charge >= 0.3 is 0 Å². The van der Waals surface area contributed by atoms with E-state index >= 15 is 0 Å². The van der Waals surface area contributed by atoms with Gasteiger partial charge in [0, 0.05) is 30.6 Å². The second kappa shape index (κ2) is 7.47. The van der Waals surface area contributed by atoms with E-state index < -0.39 is 5.79 Å². The van der Waals surface area contributed by atoms with E-state index in [1.165, 1.54) is 38.5 Å². The molecule has 1 heterocycles. The first-order valence-electron chi connectivity index (χ1n) is 10.2. The normalized spacial score (nSPS) is 21.9. The Kier molecular flexibility index (Phi) is 5.07. The standard InChI is InChI=1S/C21H30N2O3/c1-23(17-8-4-2-5-9-17)15-20(24)22-16-10-11-18-19(14-16)26-21(25-18)12-6-3-7-13-21/h10-11,14,17H,2-9,12-13,15H2,1H3,(H,22,24). The highest BCUT2D eigenvalue weighted by atomic mass is 16.7. The molecule has 1 spiro atoms. The number of hydrogen-bond acceptors (Lipinski definition) is 4. The minimum atomic E-state index is -0.468. The molecule has 2 aliphatic carbocycles. The topological polar surface area (TPSA) is 50.8 Å². The van der Waals surface area contributed by atoms with Crippen LogP contribution in [0.5, 0.6) is 11.5 Å². The fraction of sp³-hybridized carbons (Fsp3) is 0.667. The molecule has 0 bridgehead atoms. The Morgan fingerprint density at radius 1 is 1.08 bits per heavy atom. The molecule has 5 nitrogen and oxygen atoms in total. The minimum absolute atomic E-state index is 0.0318. The van der Waals surface area contributed by atoms with Gasteiger partial charge in [0.25, 0.3) is 5.79 Å². The quantitative estimate of drug-likeness (QED) is 0.871. The van der Waals surface area contributed by atoms with E-state index in [-0.39, 0.29) is 5.91 Å². The van der Waals surface area contributed by atoms with Crippen molar-refractivity contribution in [2.75, 3.05) is 18.9 Å². The van der Waals surface area contributed by atoms with Crippen LogP contribution < -0.4 is 14.8 Å². The van der Waals surface area contributed by atoms with Crippen LogP contribution in [0.3, 0.4) is 0 Å². The van der Waals surface area contributed by atoms with E-state index in [9.17, 15) is 4.79 Å². The second-order valence-corrected chi connectivity index (χ2v) is 8.09. The van der Waals surface area contributed by atoms with Crippen LogP contribution in [0.4, 0.5) is 5.69 Å². The van der Waals surface area contributed by atoms with Gasteiger partial charge in [-0.3, -0.25) is 9.69 Å². The van der Waals surface area contributed by atoms with Crippen molar-refractivity contribution < 1.29 is 14.3 Å². The van der Waals surface area contributed by atoms with Crippen molar-refractivity contribution in [1.82, 2.24) is 4.90 Å². The summed E-state index contributed by atoms with van der Waals surface area (Å²) in [5.74, 6) is 1.11. The number of nitrogens with zero attached hydrogens (tertiary/aromatic N) is 1. The Hall–Kier alpha value is -1.75. The van der Waals surface area contributed by atoms with Gasteiger partial charge in [0.1, 0.15) is 0 Å². The number of likely N-dealkylation sites (N-methyl/N-ethyl adjacent to an activating group) is 1. The van der Waals surface area contributed by atoms with Crippen LogP contribution in [-0.2, 0) is 4.79 Å². The number of amides is 1. The third-order valence-electron chi connectivity index (χ3n) is 6.03. The third-order valence-corrected chi connectivity index (χ3v) is 6.03. The zero-order chi connectivity index (χ0) is 18.0. The molecule has 0 radical (unpaired) electrons. The molecular formula is C21H30N2O3. The van der Waals surface area contributed by atoms with E-state index in [1.807, 2.05) is 18.2 Å². The molecule has 4 rings (SSSR count). The Bertz CT molecular complexity index is 649. The molecule has 1 aromatic carbocycles. The average molecular weight is 358 g/mol. The molecule has 1 aromatic rings.